The van der Waals surface area contributed by atoms with Gasteiger partial charge in [-0.15, -0.1) is 0 Å². The Hall–Kier alpha value is -2.11. The number of rotatable bonds is 5. The molecule has 1 N–H and O–H groups in total. The molecule has 6 heteroatoms. The van der Waals surface area contributed by atoms with E-state index in [9.17, 15) is 9.59 Å². The largest absolute Gasteiger partial charge is 0.481 e. The van der Waals surface area contributed by atoms with Crippen molar-refractivity contribution in [2.75, 3.05) is 13.7 Å². The van der Waals surface area contributed by atoms with Crippen molar-refractivity contribution >= 4 is 11.9 Å². The second-order valence-electron chi connectivity index (χ2n) is 5.33. The Kier molecular flexibility index (Phi) is 5.07. The minimum atomic E-state index is -0.940. The Bertz CT molecular complexity index is 494. The zero-order valence-corrected chi connectivity index (χ0v) is 12.2. The molecule has 0 radical (unpaired) electrons. The summed E-state index contributed by atoms with van der Waals surface area (Å²) < 4.78 is 5.08. The summed E-state index contributed by atoms with van der Waals surface area (Å²) in [6.45, 7) is 5.70. The minimum absolute atomic E-state index is 0.106. The van der Waals surface area contributed by atoms with Gasteiger partial charge in [0.05, 0.1) is 13.5 Å². The van der Waals surface area contributed by atoms with E-state index in [1.54, 1.807) is 12.1 Å². The normalized spacial score (nSPS) is 11.0. The maximum atomic E-state index is 12.6. The first-order chi connectivity index (χ1) is 9.27. The number of methoxy groups -OCH3 is 1. The average molecular weight is 280 g/mol. The fourth-order valence-corrected chi connectivity index (χ4v) is 1.81. The third-order valence-corrected chi connectivity index (χ3v) is 2.80. The van der Waals surface area contributed by atoms with Gasteiger partial charge in [0, 0.05) is 18.3 Å². The number of amides is 1. The number of aromatic nitrogens is 1. The van der Waals surface area contributed by atoms with Gasteiger partial charge in [0.25, 0.3) is 5.91 Å². The molecule has 1 aromatic heterocycles. The van der Waals surface area contributed by atoms with Crippen molar-refractivity contribution < 1.29 is 19.4 Å². The highest BCUT2D eigenvalue weighted by atomic mass is 16.5. The molecule has 1 heterocycles. The molecule has 0 spiro atoms. The van der Waals surface area contributed by atoms with Crippen LogP contribution in [0.1, 0.15) is 37.6 Å². The molecule has 0 aliphatic carbocycles. The molecule has 0 aliphatic heterocycles. The van der Waals surface area contributed by atoms with Crippen LogP contribution >= 0.6 is 0 Å². The monoisotopic (exact) mass is 280 g/mol. The molecule has 110 valence electrons. The first-order valence-electron chi connectivity index (χ1n) is 6.30. The lowest BCUT2D eigenvalue weighted by atomic mass is 10.0. The number of nitrogens with zero attached hydrogens (tertiary/aromatic N) is 2. The smallest absolute Gasteiger partial charge is 0.305 e. The number of pyridine rings is 1. The number of hydrogen-bond donors (Lipinski definition) is 1. The van der Waals surface area contributed by atoms with E-state index in [1.807, 2.05) is 20.8 Å². The van der Waals surface area contributed by atoms with Crippen LogP contribution in [0.4, 0.5) is 0 Å². The van der Waals surface area contributed by atoms with Crippen molar-refractivity contribution in [3.8, 4) is 5.88 Å². The summed E-state index contributed by atoms with van der Waals surface area (Å²) >= 11 is 0. The van der Waals surface area contributed by atoms with Crippen LogP contribution < -0.4 is 4.74 Å². The number of carboxylic acid groups (broad SMARTS) is 1. The third-order valence-electron chi connectivity index (χ3n) is 2.80. The van der Waals surface area contributed by atoms with Gasteiger partial charge in [0.1, 0.15) is 5.56 Å². The first-order valence-corrected chi connectivity index (χ1v) is 6.30. The number of carbonyl (C=O) groups is 2. The summed E-state index contributed by atoms with van der Waals surface area (Å²) in [6.07, 6.45) is 1.43. The van der Waals surface area contributed by atoms with Gasteiger partial charge in [0.2, 0.25) is 5.88 Å². The molecule has 0 aliphatic rings. The van der Waals surface area contributed by atoms with Crippen molar-refractivity contribution in [1.82, 2.24) is 9.88 Å². The molecule has 0 atom stereocenters. The van der Waals surface area contributed by atoms with Crippen LogP contribution in [0.2, 0.25) is 0 Å². The molecule has 0 saturated carbocycles. The molecular formula is C14H20N2O4. The second-order valence-corrected chi connectivity index (χ2v) is 5.33. The van der Waals surface area contributed by atoms with Crippen molar-refractivity contribution in [1.29, 1.82) is 0 Å². The molecule has 6 nitrogen and oxygen atoms in total. The highest BCUT2D eigenvalue weighted by Gasteiger charge is 2.29. The van der Waals surface area contributed by atoms with Crippen LogP contribution in [0.25, 0.3) is 0 Å². The van der Waals surface area contributed by atoms with Gasteiger partial charge < -0.3 is 14.7 Å². The van der Waals surface area contributed by atoms with Crippen LogP contribution in [0.5, 0.6) is 5.88 Å². The summed E-state index contributed by atoms with van der Waals surface area (Å²) in [6, 6.07) is 3.27. The van der Waals surface area contributed by atoms with Gasteiger partial charge in [-0.2, -0.15) is 0 Å². The summed E-state index contributed by atoms with van der Waals surface area (Å²) in [7, 11) is 1.44. The van der Waals surface area contributed by atoms with E-state index in [-0.39, 0.29) is 24.8 Å². The Morgan fingerprint density at radius 2 is 2.05 bits per heavy atom. The number of ether oxygens (including phenoxy) is 1. The summed E-state index contributed by atoms with van der Waals surface area (Å²) in [4.78, 5) is 28.8. The first kappa shape index (κ1) is 15.9. The molecule has 1 rings (SSSR count). The fourth-order valence-electron chi connectivity index (χ4n) is 1.81. The van der Waals surface area contributed by atoms with E-state index in [2.05, 4.69) is 4.98 Å². The van der Waals surface area contributed by atoms with Gasteiger partial charge in [-0.1, -0.05) is 0 Å². The number of carboxylic acids is 1. The molecule has 0 aromatic carbocycles. The van der Waals surface area contributed by atoms with Crippen molar-refractivity contribution in [3.05, 3.63) is 23.9 Å². The number of carbonyl (C=O) groups excluding carboxylic acids is 1. The standard InChI is InChI=1S/C14H20N2O4/c1-14(2,3)16(9-7-11(17)18)13(19)10-6-5-8-15-12(10)20-4/h5-6,8H,7,9H2,1-4H3,(H,17,18). The highest BCUT2D eigenvalue weighted by molar-refractivity contribution is 5.97. The van der Waals surface area contributed by atoms with Crippen LogP contribution in [0.3, 0.4) is 0 Å². The van der Waals surface area contributed by atoms with E-state index in [0.717, 1.165) is 0 Å². The Morgan fingerprint density at radius 1 is 1.40 bits per heavy atom. The van der Waals surface area contributed by atoms with Gasteiger partial charge >= 0.3 is 5.97 Å². The van der Waals surface area contributed by atoms with E-state index < -0.39 is 11.5 Å². The number of hydrogen-bond acceptors (Lipinski definition) is 4. The Balaban J connectivity index is 3.07. The topological polar surface area (TPSA) is 79.7 Å². The predicted octanol–water partition coefficient (Wildman–Crippen LogP) is 1.81. The molecular weight excluding hydrogens is 260 g/mol. The molecule has 0 saturated heterocycles. The molecule has 0 bridgehead atoms. The van der Waals surface area contributed by atoms with Gasteiger partial charge in [-0.3, -0.25) is 9.59 Å². The van der Waals surface area contributed by atoms with Crippen LogP contribution in [0.15, 0.2) is 18.3 Å². The Labute approximate surface area is 118 Å². The van der Waals surface area contributed by atoms with Crippen LogP contribution in [-0.4, -0.2) is 46.1 Å². The van der Waals surface area contributed by atoms with Gasteiger partial charge in [-0.25, -0.2) is 4.98 Å². The van der Waals surface area contributed by atoms with E-state index in [0.29, 0.717) is 5.56 Å². The van der Waals surface area contributed by atoms with Crippen LogP contribution in [-0.2, 0) is 4.79 Å². The zero-order valence-electron chi connectivity index (χ0n) is 12.2. The van der Waals surface area contributed by atoms with Crippen molar-refractivity contribution in [2.45, 2.75) is 32.7 Å². The van der Waals surface area contributed by atoms with E-state index >= 15 is 0 Å². The lowest BCUT2D eigenvalue weighted by Gasteiger charge is -2.35. The molecule has 0 unspecified atom stereocenters. The van der Waals surface area contributed by atoms with Crippen LogP contribution in [0, 0.1) is 0 Å². The second kappa shape index (κ2) is 6.36. The van der Waals surface area contributed by atoms with Gasteiger partial charge in [-0.05, 0) is 32.9 Å². The lowest BCUT2D eigenvalue weighted by Crippen LogP contribution is -2.46. The molecule has 20 heavy (non-hydrogen) atoms. The zero-order chi connectivity index (χ0) is 15.3. The summed E-state index contributed by atoms with van der Waals surface area (Å²) in [5.41, 5.74) is -0.164. The third kappa shape index (κ3) is 3.94. The minimum Gasteiger partial charge on any atom is -0.481 e. The summed E-state index contributed by atoms with van der Waals surface area (Å²) in [5, 5.41) is 8.81. The summed E-state index contributed by atoms with van der Waals surface area (Å²) in [5.74, 6) is -0.990. The molecule has 0 fully saturated rings. The number of aliphatic carboxylic acids is 1. The van der Waals surface area contributed by atoms with Crippen molar-refractivity contribution in [2.24, 2.45) is 0 Å². The van der Waals surface area contributed by atoms with Gasteiger partial charge in [0.15, 0.2) is 0 Å². The average Bonchev–Trinajstić information content (AvgIpc) is 2.36. The van der Waals surface area contributed by atoms with E-state index in [4.69, 9.17) is 9.84 Å². The van der Waals surface area contributed by atoms with E-state index in [1.165, 1.54) is 18.2 Å². The maximum Gasteiger partial charge on any atom is 0.305 e. The highest BCUT2D eigenvalue weighted by Crippen LogP contribution is 2.22. The Morgan fingerprint density at radius 3 is 2.55 bits per heavy atom. The predicted molar refractivity (Wildman–Crippen MR) is 73.8 cm³/mol. The molecule has 1 amide bonds. The van der Waals surface area contributed by atoms with Crippen molar-refractivity contribution in [3.63, 3.8) is 0 Å². The lowest BCUT2D eigenvalue weighted by molar-refractivity contribution is -0.137. The maximum absolute atomic E-state index is 12.6. The SMILES string of the molecule is COc1ncccc1C(=O)N(CCC(=O)O)C(C)(C)C. The molecule has 1 aromatic rings. The quantitative estimate of drug-likeness (QED) is 0.889. The fraction of sp³-hybridized carbons (Fsp3) is 0.500.